The highest BCUT2D eigenvalue weighted by atomic mass is 15.2. The van der Waals surface area contributed by atoms with Gasteiger partial charge in [0.2, 0.25) is 0 Å². The van der Waals surface area contributed by atoms with Crippen molar-refractivity contribution in [3.05, 3.63) is 12.7 Å². The van der Waals surface area contributed by atoms with E-state index in [4.69, 9.17) is 5.73 Å². The second-order valence-corrected chi connectivity index (χ2v) is 5.49. The lowest BCUT2D eigenvalue weighted by Crippen LogP contribution is -2.59. The summed E-state index contributed by atoms with van der Waals surface area (Å²) in [7, 11) is 0. The van der Waals surface area contributed by atoms with Gasteiger partial charge in [-0.3, -0.25) is 4.90 Å². The van der Waals surface area contributed by atoms with Crippen molar-refractivity contribution >= 4 is 0 Å². The van der Waals surface area contributed by atoms with E-state index < -0.39 is 0 Å². The number of nitrogens with two attached hydrogens (primary N) is 1. The van der Waals surface area contributed by atoms with Gasteiger partial charge in [-0.15, -0.1) is 6.58 Å². The average Bonchev–Trinajstić information content (AvgIpc) is 2.81. The summed E-state index contributed by atoms with van der Waals surface area (Å²) in [5.41, 5.74) is 6.76. The number of likely N-dealkylation sites (tertiary alicyclic amines) is 1. The number of hydrogen-bond acceptors (Lipinski definition) is 2. The minimum atomic E-state index is 0.297. The molecule has 1 unspecified atom stereocenters. The molecule has 1 saturated heterocycles. The fraction of sp³-hybridized carbons (Fsp3) is 0.857. The molecule has 1 saturated carbocycles. The van der Waals surface area contributed by atoms with Crippen molar-refractivity contribution in [3.63, 3.8) is 0 Å². The van der Waals surface area contributed by atoms with Crippen LogP contribution in [0.15, 0.2) is 12.7 Å². The molecule has 2 rings (SSSR count). The summed E-state index contributed by atoms with van der Waals surface area (Å²) in [6.07, 6.45) is 12.4. The Morgan fingerprint density at radius 1 is 1.12 bits per heavy atom. The molecule has 1 aliphatic carbocycles. The van der Waals surface area contributed by atoms with Crippen LogP contribution in [-0.4, -0.2) is 29.6 Å². The number of rotatable bonds is 4. The predicted molar refractivity (Wildman–Crippen MR) is 69.4 cm³/mol. The second-order valence-electron chi connectivity index (χ2n) is 5.49. The Kier molecular flexibility index (Phi) is 4.04. The van der Waals surface area contributed by atoms with Crippen LogP contribution < -0.4 is 5.73 Å². The van der Waals surface area contributed by atoms with Gasteiger partial charge >= 0.3 is 0 Å². The van der Waals surface area contributed by atoms with Crippen molar-refractivity contribution in [2.75, 3.05) is 13.1 Å². The lowest BCUT2D eigenvalue weighted by Gasteiger charge is -2.47. The lowest BCUT2D eigenvalue weighted by atomic mass is 9.83. The fourth-order valence-electron chi connectivity index (χ4n) is 3.65. The van der Waals surface area contributed by atoms with Gasteiger partial charge in [0.1, 0.15) is 0 Å². The Balaban J connectivity index is 2.09. The van der Waals surface area contributed by atoms with E-state index in [9.17, 15) is 0 Å². The maximum atomic E-state index is 6.44. The largest absolute Gasteiger partial charge is 0.326 e. The zero-order valence-corrected chi connectivity index (χ0v) is 10.5. The Morgan fingerprint density at radius 2 is 1.75 bits per heavy atom. The van der Waals surface area contributed by atoms with Crippen molar-refractivity contribution in [2.45, 2.75) is 62.9 Å². The van der Waals surface area contributed by atoms with E-state index in [1.807, 2.05) is 6.08 Å². The summed E-state index contributed by atoms with van der Waals surface area (Å²) in [6.45, 7) is 6.39. The van der Waals surface area contributed by atoms with Crippen molar-refractivity contribution in [2.24, 2.45) is 5.73 Å². The first kappa shape index (κ1) is 12.1. The third-order valence-electron chi connectivity index (χ3n) is 4.57. The van der Waals surface area contributed by atoms with E-state index in [1.54, 1.807) is 0 Å². The maximum Gasteiger partial charge on any atom is 0.0363 e. The SMILES string of the molecule is C=CCC(N)C1(N2CCCCC2)CCCC1. The van der Waals surface area contributed by atoms with E-state index >= 15 is 0 Å². The molecule has 0 amide bonds. The van der Waals surface area contributed by atoms with Gasteiger partial charge in [-0.1, -0.05) is 25.3 Å². The zero-order chi connectivity index (χ0) is 11.4. The van der Waals surface area contributed by atoms with Crippen molar-refractivity contribution < 1.29 is 0 Å². The Labute approximate surface area is 99.9 Å². The van der Waals surface area contributed by atoms with E-state index in [2.05, 4.69) is 11.5 Å². The summed E-state index contributed by atoms with van der Waals surface area (Å²) >= 11 is 0. The van der Waals surface area contributed by atoms with Crippen LogP contribution in [-0.2, 0) is 0 Å². The van der Waals surface area contributed by atoms with Gasteiger partial charge in [0.15, 0.2) is 0 Å². The minimum absolute atomic E-state index is 0.297. The molecule has 1 atom stereocenters. The van der Waals surface area contributed by atoms with Crippen molar-refractivity contribution in [1.29, 1.82) is 0 Å². The molecule has 2 aliphatic rings. The van der Waals surface area contributed by atoms with E-state index in [1.165, 1.54) is 58.0 Å². The molecule has 1 aliphatic heterocycles. The third-order valence-corrected chi connectivity index (χ3v) is 4.57. The van der Waals surface area contributed by atoms with Gasteiger partial charge in [0.05, 0.1) is 0 Å². The van der Waals surface area contributed by atoms with Crippen molar-refractivity contribution in [3.8, 4) is 0 Å². The number of nitrogens with zero attached hydrogens (tertiary/aromatic N) is 1. The Hall–Kier alpha value is -0.340. The first-order valence-corrected chi connectivity index (χ1v) is 6.91. The average molecular weight is 222 g/mol. The summed E-state index contributed by atoms with van der Waals surface area (Å²) in [6, 6.07) is 0.297. The molecule has 0 aromatic heterocycles. The molecule has 0 aromatic rings. The minimum Gasteiger partial charge on any atom is -0.326 e. The molecule has 1 heterocycles. The number of hydrogen-bond donors (Lipinski definition) is 1. The van der Waals surface area contributed by atoms with Gasteiger partial charge in [-0.2, -0.15) is 0 Å². The highest BCUT2D eigenvalue weighted by molar-refractivity contribution is 5.04. The van der Waals surface area contributed by atoms with E-state index in [0.29, 0.717) is 11.6 Å². The highest BCUT2D eigenvalue weighted by Crippen LogP contribution is 2.39. The molecule has 2 N–H and O–H groups in total. The summed E-state index contributed by atoms with van der Waals surface area (Å²) in [5.74, 6) is 0. The van der Waals surface area contributed by atoms with Crippen LogP contribution in [0, 0.1) is 0 Å². The van der Waals surface area contributed by atoms with Gasteiger partial charge in [-0.05, 0) is 45.2 Å². The van der Waals surface area contributed by atoms with Crippen molar-refractivity contribution in [1.82, 2.24) is 4.90 Å². The summed E-state index contributed by atoms with van der Waals surface area (Å²) in [5, 5.41) is 0. The summed E-state index contributed by atoms with van der Waals surface area (Å²) < 4.78 is 0. The molecule has 16 heavy (non-hydrogen) atoms. The van der Waals surface area contributed by atoms with Crippen LogP contribution in [0.5, 0.6) is 0 Å². The van der Waals surface area contributed by atoms with Crippen LogP contribution in [0.25, 0.3) is 0 Å². The van der Waals surface area contributed by atoms with E-state index in [0.717, 1.165) is 6.42 Å². The number of piperidine rings is 1. The summed E-state index contributed by atoms with van der Waals surface area (Å²) in [4.78, 5) is 2.71. The van der Waals surface area contributed by atoms with Gasteiger partial charge in [0, 0.05) is 11.6 Å². The molecule has 2 nitrogen and oxygen atoms in total. The fourth-order valence-corrected chi connectivity index (χ4v) is 3.65. The van der Waals surface area contributed by atoms with Gasteiger partial charge in [0.25, 0.3) is 0 Å². The van der Waals surface area contributed by atoms with Crippen LogP contribution in [0.3, 0.4) is 0 Å². The zero-order valence-electron chi connectivity index (χ0n) is 10.5. The van der Waals surface area contributed by atoms with Gasteiger partial charge in [-0.25, -0.2) is 0 Å². The standard InChI is InChI=1S/C14H26N2/c1-2-8-13(15)14(9-4-5-10-14)16-11-6-3-7-12-16/h2,13H,1,3-12,15H2. The van der Waals surface area contributed by atoms with Crippen LogP contribution in [0.4, 0.5) is 0 Å². The van der Waals surface area contributed by atoms with E-state index in [-0.39, 0.29) is 0 Å². The Morgan fingerprint density at radius 3 is 2.31 bits per heavy atom. The molecule has 0 spiro atoms. The molecule has 2 fully saturated rings. The maximum absolute atomic E-state index is 6.44. The molecule has 0 radical (unpaired) electrons. The van der Waals surface area contributed by atoms with Crippen LogP contribution >= 0.6 is 0 Å². The molecule has 0 aromatic carbocycles. The van der Waals surface area contributed by atoms with Gasteiger partial charge < -0.3 is 5.73 Å². The lowest BCUT2D eigenvalue weighted by molar-refractivity contribution is 0.0489. The normalized spacial score (nSPS) is 27.8. The Bertz CT molecular complexity index is 225. The first-order chi connectivity index (χ1) is 7.79. The molecule has 92 valence electrons. The van der Waals surface area contributed by atoms with Crippen LogP contribution in [0.1, 0.15) is 51.4 Å². The molecule has 2 heteroatoms. The topological polar surface area (TPSA) is 29.3 Å². The highest BCUT2D eigenvalue weighted by Gasteiger charge is 2.43. The quantitative estimate of drug-likeness (QED) is 0.741. The second kappa shape index (κ2) is 5.33. The molecular weight excluding hydrogens is 196 g/mol. The molecule has 0 bridgehead atoms. The smallest absolute Gasteiger partial charge is 0.0363 e. The predicted octanol–water partition coefficient (Wildman–Crippen LogP) is 2.69. The first-order valence-electron chi connectivity index (χ1n) is 6.91. The van der Waals surface area contributed by atoms with Crippen LogP contribution in [0.2, 0.25) is 0 Å². The monoisotopic (exact) mass is 222 g/mol. The molecular formula is C14H26N2. The third kappa shape index (κ3) is 2.18.